The topological polar surface area (TPSA) is 55.3 Å². The van der Waals surface area contributed by atoms with Crippen LogP contribution in [0.1, 0.15) is 33.3 Å². The molecule has 0 atom stereocenters. The zero-order valence-corrected chi connectivity index (χ0v) is 17.8. The molecule has 1 aromatic carbocycles. The van der Waals surface area contributed by atoms with Crippen LogP contribution < -0.4 is 4.74 Å². The van der Waals surface area contributed by atoms with Crippen molar-refractivity contribution in [2.75, 3.05) is 13.1 Å². The van der Waals surface area contributed by atoms with E-state index in [4.69, 9.17) is 27.9 Å². The molecule has 7 heteroatoms. The number of hydrogen-bond acceptors (Lipinski definition) is 4. The number of nitrogens with zero attached hydrogens (tertiary/aromatic N) is 3. The fourth-order valence-corrected chi connectivity index (χ4v) is 3.07. The van der Waals surface area contributed by atoms with Crippen LogP contribution in [0.2, 0.25) is 10.0 Å². The third-order valence-electron chi connectivity index (χ3n) is 3.84. The quantitative estimate of drug-likeness (QED) is 0.598. The van der Waals surface area contributed by atoms with E-state index in [1.54, 1.807) is 29.2 Å². The maximum absolute atomic E-state index is 12.5. The zero-order chi connectivity index (χ0) is 20.1. The lowest BCUT2D eigenvalue weighted by atomic mass is 10.1. The molecule has 2 aromatic rings. The number of rotatable bonds is 6. The highest BCUT2D eigenvalue weighted by Gasteiger charge is 2.19. The first kappa shape index (κ1) is 21.5. The fourth-order valence-electron chi connectivity index (χ4n) is 2.58. The molecule has 0 fully saturated rings. The van der Waals surface area contributed by atoms with E-state index in [2.05, 4.69) is 37.9 Å². The first-order chi connectivity index (χ1) is 12.7. The molecule has 0 saturated heterocycles. The standard InChI is InChI=1S/C20H25Cl2N3O2/c1-12(2)10-25(11-13(3)4)20(26)27-19-7-6-18(23-24-19)15-8-16(21)14(5)17(22)9-15/h6-9,12-13H,10-11H2,1-5H3. The summed E-state index contributed by atoms with van der Waals surface area (Å²) in [6.07, 6.45) is -0.416. The zero-order valence-electron chi connectivity index (χ0n) is 16.3. The number of hydrogen-bond donors (Lipinski definition) is 0. The summed E-state index contributed by atoms with van der Waals surface area (Å²) in [5, 5.41) is 9.27. The third kappa shape index (κ3) is 6.08. The Hall–Kier alpha value is -1.85. The van der Waals surface area contributed by atoms with Gasteiger partial charge >= 0.3 is 6.09 Å². The number of benzene rings is 1. The summed E-state index contributed by atoms with van der Waals surface area (Å²) in [5.41, 5.74) is 2.16. The van der Waals surface area contributed by atoms with Gasteiger partial charge in [-0.25, -0.2) is 4.79 Å². The fraction of sp³-hybridized carbons (Fsp3) is 0.450. The average molecular weight is 410 g/mol. The van der Waals surface area contributed by atoms with E-state index in [0.717, 1.165) is 11.1 Å². The van der Waals surface area contributed by atoms with Gasteiger partial charge in [0.05, 0.1) is 5.69 Å². The molecule has 27 heavy (non-hydrogen) atoms. The Bertz CT molecular complexity index is 759. The van der Waals surface area contributed by atoms with Gasteiger partial charge in [-0.2, -0.15) is 0 Å². The summed E-state index contributed by atoms with van der Waals surface area (Å²) in [7, 11) is 0. The monoisotopic (exact) mass is 409 g/mol. The summed E-state index contributed by atoms with van der Waals surface area (Å²) < 4.78 is 5.40. The van der Waals surface area contributed by atoms with Crippen molar-refractivity contribution in [3.63, 3.8) is 0 Å². The second-order valence-electron chi connectivity index (χ2n) is 7.38. The van der Waals surface area contributed by atoms with Gasteiger partial charge in [-0.15, -0.1) is 10.2 Å². The summed E-state index contributed by atoms with van der Waals surface area (Å²) in [6, 6.07) is 6.91. The summed E-state index contributed by atoms with van der Waals surface area (Å²) >= 11 is 12.4. The van der Waals surface area contributed by atoms with Gasteiger partial charge in [0.1, 0.15) is 0 Å². The van der Waals surface area contributed by atoms with Crippen LogP contribution in [0.25, 0.3) is 11.3 Å². The molecule has 0 aliphatic carbocycles. The molecule has 5 nitrogen and oxygen atoms in total. The van der Waals surface area contributed by atoms with Crippen molar-refractivity contribution < 1.29 is 9.53 Å². The number of ether oxygens (including phenoxy) is 1. The van der Waals surface area contributed by atoms with Crippen LogP contribution in [-0.4, -0.2) is 34.3 Å². The highest BCUT2D eigenvalue weighted by molar-refractivity contribution is 6.36. The van der Waals surface area contributed by atoms with Gasteiger partial charge in [0.25, 0.3) is 0 Å². The molecular weight excluding hydrogens is 385 g/mol. The molecule has 0 spiro atoms. The summed E-state index contributed by atoms with van der Waals surface area (Å²) in [4.78, 5) is 14.2. The van der Waals surface area contributed by atoms with Crippen molar-refractivity contribution in [2.45, 2.75) is 34.6 Å². The number of carbonyl (C=O) groups excluding carboxylic acids is 1. The minimum atomic E-state index is -0.416. The Morgan fingerprint density at radius 2 is 1.59 bits per heavy atom. The third-order valence-corrected chi connectivity index (χ3v) is 4.62. The molecule has 0 aliphatic heterocycles. The highest BCUT2D eigenvalue weighted by atomic mass is 35.5. The molecule has 0 saturated carbocycles. The Labute approximate surface area is 170 Å². The van der Waals surface area contributed by atoms with E-state index >= 15 is 0 Å². The molecule has 1 heterocycles. The molecule has 0 N–H and O–H groups in total. The van der Waals surface area contributed by atoms with E-state index in [0.29, 0.717) is 40.7 Å². The van der Waals surface area contributed by atoms with Gasteiger partial charge in [-0.1, -0.05) is 50.9 Å². The molecule has 0 radical (unpaired) electrons. The van der Waals surface area contributed by atoms with Crippen LogP contribution in [0.15, 0.2) is 24.3 Å². The maximum Gasteiger partial charge on any atom is 0.416 e. The molecule has 1 aromatic heterocycles. The second kappa shape index (κ2) is 9.38. The first-order valence-electron chi connectivity index (χ1n) is 8.93. The van der Waals surface area contributed by atoms with E-state index in [1.165, 1.54) is 0 Å². The lowest BCUT2D eigenvalue weighted by molar-refractivity contribution is 0.138. The Morgan fingerprint density at radius 1 is 1.04 bits per heavy atom. The highest BCUT2D eigenvalue weighted by Crippen LogP contribution is 2.30. The van der Waals surface area contributed by atoms with Crippen LogP contribution in [0.3, 0.4) is 0 Å². The normalized spacial score (nSPS) is 11.1. The smallest absolute Gasteiger partial charge is 0.389 e. The second-order valence-corrected chi connectivity index (χ2v) is 8.20. The Balaban J connectivity index is 2.13. The molecule has 2 rings (SSSR count). The van der Waals surface area contributed by atoms with Crippen molar-refractivity contribution >= 4 is 29.3 Å². The van der Waals surface area contributed by atoms with Gasteiger partial charge in [0, 0.05) is 34.8 Å². The van der Waals surface area contributed by atoms with Gasteiger partial charge in [-0.05, 0) is 42.5 Å². The van der Waals surface area contributed by atoms with E-state index in [-0.39, 0.29) is 5.88 Å². The van der Waals surface area contributed by atoms with Crippen molar-refractivity contribution in [3.05, 3.63) is 39.9 Å². The predicted octanol–water partition coefficient (Wildman–Crippen LogP) is 5.87. The minimum absolute atomic E-state index is 0.158. The van der Waals surface area contributed by atoms with Crippen molar-refractivity contribution in [3.8, 4) is 17.1 Å². The van der Waals surface area contributed by atoms with E-state index < -0.39 is 6.09 Å². The largest absolute Gasteiger partial charge is 0.416 e. The predicted molar refractivity (Wildman–Crippen MR) is 109 cm³/mol. The Morgan fingerprint density at radius 3 is 2.04 bits per heavy atom. The van der Waals surface area contributed by atoms with Crippen LogP contribution in [-0.2, 0) is 0 Å². The molecule has 1 amide bonds. The number of halogens is 2. The van der Waals surface area contributed by atoms with Crippen molar-refractivity contribution in [2.24, 2.45) is 11.8 Å². The summed E-state index contributed by atoms with van der Waals surface area (Å²) in [5.74, 6) is 0.854. The van der Waals surface area contributed by atoms with E-state index in [9.17, 15) is 4.79 Å². The number of amides is 1. The first-order valence-corrected chi connectivity index (χ1v) is 9.69. The van der Waals surface area contributed by atoms with Crippen molar-refractivity contribution in [1.82, 2.24) is 15.1 Å². The van der Waals surface area contributed by atoms with Gasteiger partial charge in [0.15, 0.2) is 0 Å². The molecule has 0 bridgehead atoms. The van der Waals surface area contributed by atoms with Gasteiger partial charge in [0.2, 0.25) is 5.88 Å². The van der Waals surface area contributed by atoms with Crippen LogP contribution in [0.5, 0.6) is 5.88 Å². The average Bonchev–Trinajstić information content (AvgIpc) is 2.58. The number of carbonyl (C=O) groups is 1. The SMILES string of the molecule is Cc1c(Cl)cc(-c2ccc(OC(=O)N(CC(C)C)CC(C)C)nn2)cc1Cl. The Kier molecular flexibility index (Phi) is 7.45. The van der Waals surface area contributed by atoms with Gasteiger partial charge in [-0.3, -0.25) is 0 Å². The molecule has 0 unspecified atom stereocenters. The lowest BCUT2D eigenvalue weighted by Gasteiger charge is -2.25. The molecular formula is C20H25Cl2N3O2. The maximum atomic E-state index is 12.5. The minimum Gasteiger partial charge on any atom is -0.389 e. The van der Waals surface area contributed by atoms with E-state index in [1.807, 2.05) is 6.92 Å². The summed E-state index contributed by atoms with van der Waals surface area (Å²) in [6.45, 7) is 11.4. The van der Waals surface area contributed by atoms with Gasteiger partial charge < -0.3 is 9.64 Å². The lowest BCUT2D eigenvalue weighted by Crippen LogP contribution is -2.39. The van der Waals surface area contributed by atoms with Crippen LogP contribution in [0.4, 0.5) is 4.79 Å². The van der Waals surface area contributed by atoms with Crippen LogP contribution in [0, 0.1) is 18.8 Å². The number of aromatic nitrogens is 2. The van der Waals surface area contributed by atoms with Crippen LogP contribution >= 0.6 is 23.2 Å². The molecule has 146 valence electrons. The molecule has 0 aliphatic rings. The van der Waals surface area contributed by atoms with Crippen molar-refractivity contribution in [1.29, 1.82) is 0 Å².